The lowest BCUT2D eigenvalue weighted by molar-refractivity contribution is 0.347. The quantitative estimate of drug-likeness (QED) is 0.759. The molecule has 0 fully saturated rings. The van der Waals surface area contributed by atoms with Gasteiger partial charge in [0.15, 0.2) is 0 Å². The normalized spacial score (nSPS) is 12.3. The lowest BCUT2D eigenvalue weighted by Crippen LogP contribution is -2.22. The monoisotopic (exact) mass is 252 g/mol. The molecule has 0 atom stereocenters. The molecular formula is C14H28N4. The maximum Gasteiger partial charge on any atom is 0.0965 e. The zero-order chi connectivity index (χ0) is 13.6. The van der Waals surface area contributed by atoms with Crippen LogP contribution in [-0.2, 0) is 12.1 Å². The third-order valence-corrected chi connectivity index (χ3v) is 2.92. The van der Waals surface area contributed by atoms with Crippen molar-refractivity contribution < 1.29 is 0 Å². The number of rotatable bonds is 7. The van der Waals surface area contributed by atoms with Crippen molar-refractivity contribution in [2.24, 2.45) is 5.92 Å². The molecular weight excluding hydrogens is 224 g/mol. The summed E-state index contributed by atoms with van der Waals surface area (Å²) in [6.07, 6.45) is 5.90. The number of hydrogen-bond acceptors (Lipinski definition) is 3. The van der Waals surface area contributed by atoms with E-state index in [2.05, 4.69) is 50.2 Å². The van der Waals surface area contributed by atoms with Gasteiger partial charge in [-0.1, -0.05) is 31.9 Å². The number of nitrogens with one attached hydrogen (secondary N) is 1. The van der Waals surface area contributed by atoms with E-state index in [4.69, 9.17) is 0 Å². The summed E-state index contributed by atoms with van der Waals surface area (Å²) < 4.78 is 1.92. The smallest absolute Gasteiger partial charge is 0.0965 e. The maximum atomic E-state index is 4.18. The van der Waals surface area contributed by atoms with Gasteiger partial charge in [-0.2, -0.15) is 0 Å². The van der Waals surface area contributed by atoms with Crippen LogP contribution < -0.4 is 5.32 Å². The molecule has 1 N–H and O–H groups in total. The molecule has 0 unspecified atom stereocenters. The van der Waals surface area contributed by atoms with Gasteiger partial charge in [0, 0.05) is 6.54 Å². The van der Waals surface area contributed by atoms with Crippen LogP contribution in [0.1, 0.15) is 59.6 Å². The van der Waals surface area contributed by atoms with Crippen molar-refractivity contribution in [1.29, 1.82) is 0 Å². The Bertz CT molecular complexity index is 336. The van der Waals surface area contributed by atoms with E-state index in [-0.39, 0.29) is 5.54 Å². The first-order chi connectivity index (χ1) is 8.39. The van der Waals surface area contributed by atoms with E-state index >= 15 is 0 Å². The second-order valence-corrected chi connectivity index (χ2v) is 6.39. The highest BCUT2D eigenvalue weighted by Gasteiger charge is 2.14. The van der Waals surface area contributed by atoms with E-state index in [1.807, 2.05) is 10.9 Å². The van der Waals surface area contributed by atoms with Gasteiger partial charge in [-0.25, -0.2) is 4.68 Å². The predicted octanol–water partition coefficient (Wildman–Crippen LogP) is 2.95. The third kappa shape index (κ3) is 5.63. The van der Waals surface area contributed by atoms with Crippen molar-refractivity contribution in [3.63, 3.8) is 0 Å². The minimum absolute atomic E-state index is 0.0164. The standard InChI is InChI=1S/C14H28N4/c1-12(2)8-6-7-9-15-10-13-11-18(17-16-13)14(3,4)5/h11-12,15H,6-10H2,1-5H3. The highest BCUT2D eigenvalue weighted by atomic mass is 15.4. The molecule has 0 aliphatic heterocycles. The minimum atomic E-state index is 0.0164. The Kier molecular flexibility index (Phi) is 5.79. The van der Waals surface area contributed by atoms with Crippen LogP contribution >= 0.6 is 0 Å². The van der Waals surface area contributed by atoms with Gasteiger partial charge >= 0.3 is 0 Å². The Morgan fingerprint density at radius 3 is 2.56 bits per heavy atom. The summed E-state index contributed by atoms with van der Waals surface area (Å²) in [6.45, 7) is 12.8. The Labute approximate surface area is 111 Å². The van der Waals surface area contributed by atoms with E-state index in [0.717, 1.165) is 24.7 Å². The Balaban J connectivity index is 2.18. The first-order valence-corrected chi connectivity index (χ1v) is 7.02. The second kappa shape index (κ2) is 6.88. The highest BCUT2D eigenvalue weighted by Crippen LogP contribution is 2.11. The summed E-state index contributed by atoms with van der Waals surface area (Å²) in [5, 5.41) is 11.8. The van der Waals surface area contributed by atoms with Crippen LogP contribution in [0.5, 0.6) is 0 Å². The zero-order valence-corrected chi connectivity index (χ0v) is 12.5. The molecule has 0 bridgehead atoms. The summed E-state index contributed by atoms with van der Waals surface area (Å²) in [7, 11) is 0. The van der Waals surface area contributed by atoms with Crippen molar-refractivity contribution in [1.82, 2.24) is 20.3 Å². The lowest BCUT2D eigenvalue weighted by Gasteiger charge is -2.17. The van der Waals surface area contributed by atoms with Crippen molar-refractivity contribution >= 4 is 0 Å². The molecule has 0 amide bonds. The second-order valence-electron chi connectivity index (χ2n) is 6.39. The third-order valence-electron chi connectivity index (χ3n) is 2.92. The first kappa shape index (κ1) is 15.2. The Hall–Kier alpha value is -0.900. The number of nitrogens with zero attached hydrogens (tertiary/aromatic N) is 3. The number of aromatic nitrogens is 3. The molecule has 18 heavy (non-hydrogen) atoms. The van der Waals surface area contributed by atoms with Crippen LogP contribution in [0.15, 0.2) is 6.20 Å². The van der Waals surface area contributed by atoms with Gasteiger partial charge in [-0.3, -0.25) is 0 Å². The van der Waals surface area contributed by atoms with Gasteiger partial charge in [0.25, 0.3) is 0 Å². The van der Waals surface area contributed by atoms with Crippen molar-refractivity contribution in [2.45, 2.75) is 66.0 Å². The van der Waals surface area contributed by atoms with Crippen LogP contribution in [-0.4, -0.2) is 21.5 Å². The fourth-order valence-corrected chi connectivity index (χ4v) is 1.73. The van der Waals surface area contributed by atoms with Gasteiger partial charge in [0.1, 0.15) is 0 Å². The molecule has 0 spiro atoms. The van der Waals surface area contributed by atoms with Crippen molar-refractivity contribution in [3.8, 4) is 0 Å². The van der Waals surface area contributed by atoms with Crippen molar-refractivity contribution in [2.75, 3.05) is 6.54 Å². The number of unbranched alkanes of at least 4 members (excludes halogenated alkanes) is 1. The van der Waals surface area contributed by atoms with Crippen LogP contribution in [0.3, 0.4) is 0 Å². The fourth-order valence-electron chi connectivity index (χ4n) is 1.73. The molecule has 104 valence electrons. The molecule has 0 saturated heterocycles. The van der Waals surface area contributed by atoms with Gasteiger partial charge in [-0.15, -0.1) is 5.10 Å². The van der Waals surface area contributed by atoms with Gasteiger partial charge < -0.3 is 5.32 Å². The van der Waals surface area contributed by atoms with Crippen LogP contribution in [0.25, 0.3) is 0 Å². The molecule has 0 saturated carbocycles. The molecule has 0 radical (unpaired) electrons. The summed E-state index contributed by atoms with van der Waals surface area (Å²) in [6, 6.07) is 0. The molecule has 0 aliphatic carbocycles. The van der Waals surface area contributed by atoms with Crippen LogP contribution in [0.2, 0.25) is 0 Å². The molecule has 1 aromatic heterocycles. The Morgan fingerprint density at radius 1 is 1.28 bits per heavy atom. The Morgan fingerprint density at radius 2 is 2.00 bits per heavy atom. The average Bonchev–Trinajstić information content (AvgIpc) is 2.71. The van der Waals surface area contributed by atoms with Gasteiger partial charge in [-0.05, 0) is 39.7 Å². The molecule has 1 rings (SSSR count). The van der Waals surface area contributed by atoms with E-state index in [1.54, 1.807) is 0 Å². The molecule has 0 aromatic carbocycles. The zero-order valence-electron chi connectivity index (χ0n) is 12.5. The van der Waals surface area contributed by atoms with E-state index < -0.39 is 0 Å². The summed E-state index contributed by atoms with van der Waals surface area (Å²) in [4.78, 5) is 0. The van der Waals surface area contributed by atoms with Crippen LogP contribution in [0.4, 0.5) is 0 Å². The summed E-state index contributed by atoms with van der Waals surface area (Å²) in [5.74, 6) is 0.816. The average molecular weight is 252 g/mol. The minimum Gasteiger partial charge on any atom is -0.311 e. The summed E-state index contributed by atoms with van der Waals surface area (Å²) in [5.41, 5.74) is 1.04. The fraction of sp³-hybridized carbons (Fsp3) is 0.857. The van der Waals surface area contributed by atoms with E-state index in [0.29, 0.717) is 0 Å². The number of hydrogen-bond donors (Lipinski definition) is 1. The van der Waals surface area contributed by atoms with Crippen LogP contribution in [0, 0.1) is 5.92 Å². The van der Waals surface area contributed by atoms with Gasteiger partial charge in [0.2, 0.25) is 0 Å². The summed E-state index contributed by atoms with van der Waals surface area (Å²) >= 11 is 0. The van der Waals surface area contributed by atoms with E-state index in [1.165, 1.54) is 19.3 Å². The predicted molar refractivity (Wildman–Crippen MR) is 75.4 cm³/mol. The SMILES string of the molecule is CC(C)CCCCNCc1cn(C(C)(C)C)nn1. The maximum absolute atomic E-state index is 4.18. The topological polar surface area (TPSA) is 42.7 Å². The van der Waals surface area contributed by atoms with Crippen molar-refractivity contribution in [3.05, 3.63) is 11.9 Å². The van der Waals surface area contributed by atoms with Gasteiger partial charge in [0.05, 0.1) is 17.4 Å². The molecule has 0 aliphatic rings. The molecule has 1 aromatic rings. The first-order valence-electron chi connectivity index (χ1n) is 7.02. The largest absolute Gasteiger partial charge is 0.311 e. The van der Waals surface area contributed by atoms with E-state index in [9.17, 15) is 0 Å². The molecule has 4 heteroatoms. The lowest BCUT2D eigenvalue weighted by atomic mass is 10.1. The molecule has 1 heterocycles. The highest BCUT2D eigenvalue weighted by molar-refractivity contribution is 4.93. The molecule has 4 nitrogen and oxygen atoms in total.